The molecule has 0 amide bonds. The Kier molecular flexibility index (Phi) is 4.92. The van der Waals surface area contributed by atoms with Crippen molar-refractivity contribution in [1.82, 2.24) is 10.3 Å². The van der Waals surface area contributed by atoms with Crippen molar-refractivity contribution in [3.63, 3.8) is 0 Å². The molecule has 0 aromatic carbocycles. The van der Waals surface area contributed by atoms with Crippen molar-refractivity contribution in [1.29, 1.82) is 0 Å². The number of aromatic nitrogens is 1. The molecule has 0 aliphatic rings. The number of carboxylic acids is 1. The fourth-order valence-corrected chi connectivity index (χ4v) is 1.52. The van der Waals surface area contributed by atoms with Gasteiger partial charge < -0.3 is 10.4 Å². The van der Waals surface area contributed by atoms with E-state index in [1.54, 1.807) is 6.07 Å². The normalized spacial score (nSPS) is 10.7. The molecule has 0 radical (unpaired) electrons. The van der Waals surface area contributed by atoms with Gasteiger partial charge in [0, 0.05) is 12.6 Å². The van der Waals surface area contributed by atoms with E-state index in [-0.39, 0.29) is 5.69 Å². The summed E-state index contributed by atoms with van der Waals surface area (Å²) in [5.41, 5.74) is 0.871. The van der Waals surface area contributed by atoms with Gasteiger partial charge in [-0.15, -0.1) is 0 Å². The first-order chi connectivity index (χ1) is 7.67. The molecule has 0 aliphatic heterocycles. The molecule has 0 unspecified atom stereocenters. The van der Waals surface area contributed by atoms with Crippen LogP contribution in [0.4, 0.5) is 0 Å². The van der Waals surface area contributed by atoms with Crippen LogP contribution < -0.4 is 5.32 Å². The second-order valence-electron chi connectivity index (χ2n) is 3.71. The third kappa shape index (κ3) is 3.62. The van der Waals surface area contributed by atoms with Crippen LogP contribution in [0.25, 0.3) is 0 Å². The lowest BCUT2D eigenvalue weighted by atomic mass is 10.1. The fraction of sp³-hybridized carbons (Fsp3) is 0.500. The third-order valence-corrected chi connectivity index (χ3v) is 2.58. The van der Waals surface area contributed by atoms with Gasteiger partial charge in [0.05, 0.1) is 5.69 Å². The first-order valence-electron chi connectivity index (χ1n) is 5.60. The van der Waals surface area contributed by atoms with E-state index in [0.29, 0.717) is 12.6 Å². The highest BCUT2D eigenvalue weighted by Crippen LogP contribution is 2.02. The Balaban J connectivity index is 2.60. The molecule has 1 rings (SSSR count). The smallest absolute Gasteiger partial charge is 0.354 e. The van der Waals surface area contributed by atoms with Crippen LogP contribution in [-0.2, 0) is 6.54 Å². The number of rotatable bonds is 6. The van der Waals surface area contributed by atoms with Crippen molar-refractivity contribution in [3.8, 4) is 0 Å². The number of hydrogen-bond acceptors (Lipinski definition) is 3. The minimum Gasteiger partial charge on any atom is -0.477 e. The van der Waals surface area contributed by atoms with E-state index < -0.39 is 5.97 Å². The third-order valence-electron chi connectivity index (χ3n) is 2.58. The molecule has 0 bridgehead atoms. The van der Waals surface area contributed by atoms with Crippen molar-refractivity contribution >= 4 is 5.97 Å². The fourth-order valence-electron chi connectivity index (χ4n) is 1.52. The molecule has 0 saturated carbocycles. The monoisotopic (exact) mass is 222 g/mol. The average Bonchev–Trinajstić information content (AvgIpc) is 2.31. The molecule has 16 heavy (non-hydrogen) atoms. The summed E-state index contributed by atoms with van der Waals surface area (Å²) in [5, 5.41) is 12.1. The number of carboxylic acid groups (broad SMARTS) is 1. The number of hydrogen-bond donors (Lipinski definition) is 2. The van der Waals surface area contributed by atoms with Crippen molar-refractivity contribution in [2.24, 2.45) is 0 Å². The minimum absolute atomic E-state index is 0.101. The van der Waals surface area contributed by atoms with Crippen LogP contribution >= 0.6 is 0 Å². The Hall–Kier alpha value is -1.42. The highest BCUT2D eigenvalue weighted by molar-refractivity contribution is 5.85. The molecule has 0 spiro atoms. The Morgan fingerprint density at radius 2 is 2.12 bits per heavy atom. The lowest BCUT2D eigenvalue weighted by Crippen LogP contribution is -2.27. The zero-order valence-corrected chi connectivity index (χ0v) is 9.73. The molecule has 4 nitrogen and oxygen atoms in total. The van der Waals surface area contributed by atoms with Crippen LogP contribution in [-0.4, -0.2) is 22.1 Å². The number of nitrogens with one attached hydrogen (secondary N) is 1. The maximum absolute atomic E-state index is 10.7. The summed E-state index contributed by atoms with van der Waals surface area (Å²) in [6, 6.07) is 5.53. The average molecular weight is 222 g/mol. The van der Waals surface area contributed by atoms with Crippen molar-refractivity contribution in [2.75, 3.05) is 0 Å². The van der Waals surface area contributed by atoms with Gasteiger partial charge in [0.15, 0.2) is 0 Å². The van der Waals surface area contributed by atoms with Gasteiger partial charge in [-0.25, -0.2) is 9.78 Å². The van der Waals surface area contributed by atoms with Gasteiger partial charge in [0.25, 0.3) is 0 Å². The highest BCUT2D eigenvalue weighted by Gasteiger charge is 2.06. The second-order valence-corrected chi connectivity index (χ2v) is 3.71. The van der Waals surface area contributed by atoms with E-state index in [1.165, 1.54) is 6.07 Å². The summed E-state index contributed by atoms with van der Waals surface area (Å²) < 4.78 is 0. The zero-order chi connectivity index (χ0) is 12.0. The second kappa shape index (κ2) is 6.23. The lowest BCUT2D eigenvalue weighted by Gasteiger charge is -2.14. The first-order valence-corrected chi connectivity index (χ1v) is 5.60. The molecule has 0 aliphatic carbocycles. The molecular weight excluding hydrogens is 204 g/mol. The molecule has 0 saturated heterocycles. The molecule has 88 valence electrons. The van der Waals surface area contributed by atoms with Crippen LogP contribution in [0, 0.1) is 0 Å². The van der Waals surface area contributed by atoms with Gasteiger partial charge in [-0.05, 0) is 25.0 Å². The predicted molar refractivity (Wildman–Crippen MR) is 62.4 cm³/mol. The Morgan fingerprint density at radius 3 is 2.69 bits per heavy atom. The zero-order valence-electron chi connectivity index (χ0n) is 9.73. The standard InChI is InChI=1S/C12H18N2O2/c1-3-9(4-2)13-8-10-6-5-7-11(14-10)12(15)16/h5-7,9,13H,3-4,8H2,1-2H3,(H,15,16). The van der Waals surface area contributed by atoms with Crippen LogP contribution in [0.2, 0.25) is 0 Å². The maximum atomic E-state index is 10.7. The van der Waals surface area contributed by atoms with Gasteiger partial charge in [-0.2, -0.15) is 0 Å². The molecule has 1 heterocycles. The molecule has 0 atom stereocenters. The van der Waals surface area contributed by atoms with Crippen LogP contribution in [0.5, 0.6) is 0 Å². The van der Waals surface area contributed by atoms with Gasteiger partial charge >= 0.3 is 5.97 Å². The molecule has 1 aromatic rings. The summed E-state index contributed by atoms with van der Waals surface area (Å²) in [6.07, 6.45) is 2.13. The summed E-state index contributed by atoms with van der Waals surface area (Å²) >= 11 is 0. The summed E-state index contributed by atoms with van der Waals surface area (Å²) in [6.45, 7) is 4.87. The largest absolute Gasteiger partial charge is 0.477 e. The van der Waals surface area contributed by atoms with Crippen molar-refractivity contribution in [3.05, 3.63) is 29.6 Å². The number of pyridine rings is 1. The van der Waals surface area contributed by atoms with E-state index in [1.807, 2.05) is 6.07 Å². The Morgan fingerprint density at radius 1 is 1.44 bits per heavy atom. The topological polar surface area (TPSA) is 62.2 Å². The van der Waals surface area contributed by atoms with Gasteiger partial charge in [0.1, 0.15) is 5.69 Å². The lowest BCUT2D eigenvalue weighted by molar-refractivity contribution is 0.0690. The van der Waals surface area contributed by atoms with E-state index in [9.17, 15) is 4.79 Å². The molecule has 4 heteroatoms. The van der Waals surface area contributed by atoms with Crippen LogP contribution in [0.3, 0.4) is 0 Å². The molecule has 2 N–H and O–H groups in total. The number of nitrogens with zero attached hydrogens (tertiary/aromatic N) is 1. The van der Waals surface area contributed by atoms with E-state index >= 15 is 0 Å². The molecular formula is C12H18N2O2. The quantitative estimate of drug-likeness (QED) is 0.773. The summed E-state index contributed by atoms with van der Waals surface area (Å²) in [7, 11) is 0. The van der Waals surface area contributed by atoms with Crippen LogP contribution in [0.15, 0.2) is 18.2 Å². The van der Waals surface area contributed by atoms with Gasteiger partial charge in [-0.3, -0.25) is 0 Å². The molecule has 1 aromatic heterocycles. The van der Waals surface area contributed by atoms with Gasteiger partial charge in [0.2, 0.25) is 0 Å². The molecule has 0 fully saturated rings. The van der Waals surface area contributed by atoms with E-state index in [4.69, 9.17) is 5.11 Å². The van der Waals surface area contributed by atoms with Crippen molar-refractivity contribution < 1.29 is 9.90 Å². The SMILES string of the molecule is CCC(CC)NCc1cccc(C(=O)O)n1. The Bertz CT molecular complexity index is 349. The first kappa shape index (κ1) is 12.6. The van der Waals surface area contributed by atoms with E-state index in [0.717, 1.165) is 18.5 Å². The van der Waals surface area contributed by atoms with E-state index in [2.05, 4.69) is 24.1 Å². The highest BCUT2D eigenvalue weighted by atomic mass is 16.4. The summed E-state index contributed by atoms with van der Waals surface area (Å²) in [4.78, 5) is 14.8. The van der Waals surface area contributed by atoms with Gasteiger partial charge in [-0.1, -0.05) is 19.9 Å². The Labute approximate surface area is 95.7 Å². The predicted octanol–water partition coefficient (Wildman–Crippen LogP) is 2.06. The number of aromatic carboxylic acids is 1. The minimum atomic E-state index is -0.982. The van der Waals surface area contributed by atoms with Crippen LogP contribution in [0.1, 0.15) is 42.9 Å². The maximum Gasteiger partial charge on any atom is 0.354 e. The van der Waals surface area contributed by atoms with Crippen molar-refractivity contribution in [2.45, 2.75) is 39.3 Å². The number of carbonyl (C=O) groups is 1. The summed E-state index contributed by atoms with van der Waals surface area (Å²) in [5.74, 6) is -0.982.